The minimum absolute atomic E-state index is 0.109. The summed E-state index contributed by atoms with van der Waals surface area (Å²) in [4.78, 5) is 11.9. The summed E-state index contributed by atoms with van der Waals surface area (Å²) in [7, 11) is 0. The van der Waals surface area contributed by atoms with Gasteiger partial charge >= 0.3 is 5.97 Å². The minimum atomic E-state index is -0.333. The average molecular weight is 625 g/mol. The van der Waals surface area contributed by atoms with Crippen molar-refractivity contribution in [2.75, 3.05) is 33.0 Å². The van der Waals surface area contributed by atoms with E-state index < -0.39 is 0 Å². The summed E-state index contributed by atoms with van der Waals surface area (Å²) in [6.07, 6.45) is 20.5. The quantitative estimate of drug-likeness (QED) is 0.0638. The minimum Gasteiger partial charge on any atom is -0.493 e. The maximum atomic E-state index is 11.9. The Morgan fingerprint density at radius 2 is 1.44 bits per heavy atom. The molecule has 1 aromatic rings. The van der Waals surface area contributed by atoms with Crippen LogP contribution in [0.5, 0.6) is 5.75 Å². The fourth-order valence-corrected chi connectivity index (χ4v) is 7.53. The molecule has 0 radical (unpaired) electrons. The summed E-state index contributed by atoms with van der Waals surface area (Å²) < 4.78 is 17.6. The highest BCUT2D eigenvalue weighted by Gasteiger charge is 2.31. The molecule has 1 N–H and O–H groups in total. The molecule has 0 bridgehead atoms. The number of esters is 1. The van der Waals surface area contributed by atoms with Crippen molar-refractivity contribution in [3.05, 3.63) is 53.1 Å². The standard InChI is InChI=1S/C40H64O5/c1-6-7-8-12-32-15-17-33(18-16-32)34-19-21-35(22-20-34)38-27-36(13-9-24-43-29-30(2)3)39(44-26-11-23-41)37(28-38)14-10-25-45-40(42)31(4)5/h27-28,32-35,41H,2,4,6-26,29H2,1,3,5H3. The molecular formula is C40H64O5. The molecule has 2 fully saturated rings. The van der Waals surface area contributed by atoms with Crippen LogP contribution in [0.2, 0.25) is 0 Å². The lowest BCUT2D eigenvalue weighted by atomic mass is 9.67. The first kappa shape index (κ1) is 37.3. The number of carbonyl (C=O) groups excluding carboxylic acids is 1. The van der Waals surface area contributed by atoms with Crippen LogP contribution in [-0.4, -0.2) is 44.1 Å². The van der Waals surface area contributed by atoms with Crippen LogP contribution in [0.3, 0.4) is 0 Å². The second-order valence-electron chi connectivity index (χ2n) is 14.1. The average Bonchev–Trinajstić information content (AvgIpc) is 3.04. The zero-order valence-electron chi connectivity index (χ0n) is 29.0. The van der Waals surface area contributed by atoms with Crippen molar-refractivity contribution < 1.29 is 24.1 Å². The van der Waals surface area contributed by atoms with Crippen LogP contribution in [0.15, 0.2) is 36.4 Å². The van der Waals surface area contributed by atoms with E-state index in [0.29, 0.717) is 44.3 Å². The number of unbranched alkanes of at least 4 members (excludes halogenated alkanes) is 2. The van der Waals surface area contributed by atoms with Gasteiger partial charge in [0.1, 0.15) is 5.75 Å². The van der Waals surface area contributed by atoms with E-state index in [2.05, 4.69) is 32.2 Å². The predicted molar refractivity (Wildman–Crippen MR) is 186 cm³/mol. The van der Waals surface area contributed by atoms with Crippen LogP contribution in [0.1, 0.15) is 140 Å². The molecule has 1 aromatic carbocycles. The Kier molecular flexibility index (Phi) is 17.3. The molecule has 0 amide bonds. The fourth-order valence-electron chi connectivity index (χ4n) is 7.53. The molecule has 2 saturated carbocycles. The lowest BCUT2D eigenvalue weighted by Crippen LogP contribution is -2.25. The van der Waals surface area contributed by atoms with E-state index >= 15 is 0 Å². The molecule has 0 aliphatic heterocycles. The molecule has 2 aliphatic carbocycles. The molecule has 0 heterocycles. The first-order valence-corrected chi connectivity index (χ1v) is 18.3. The van der Waals surface area contributed by atoms with E-state index in [9.17, 15) is 9.90 Å². The zero-order valence-corrected chi connectivity index (χ0v) is 29.0. The third kappa shape index (κ3) is 13.3. The molecule has 254 valence electrons. The monoisotopic (exact) mass is 624 g/mol. The number of hydrogen-bond donors (Lipinski definition) is 1. The Morgan fingerprint density at radius 3 is 2.02 bits per heavy atom. The highest BCUT2D eigenvalue weighted by molar-refractivity contribution is 5.86. The van der Waals surface area contributed by atoms with Gasteiger partial charge in [-0.2, -0.15) is 0 Å². The number of rotatable bonds is 21. The largest absolute Gasteiger partial charge is 0.493 e. The summed E-state index contributed by atoms with van der Waals surface area (Å²) in [5, 5.41) is 9.43. The molecule has 0 unspecified atom stereocenters. The lowest BCUT2D eigenvalue weighted by molar-refractivity contribution is -0.139. The van der Waals surface area contributed by atoms with Gasteiger partial charge in [-0.05, 0) is 118 Å². The van der Waals surface area contributed by atoms with Crippen molar-refractivity contribution in [3.63, 3.8) is 0 Å². The lowest BCUT2D eigenvalue weighted by Gasteiger charge is -2.38. The van der Waals surface area contributed by atoms with Gasteiger partial charge in [0.05, 0.1) is 19.8 Å². The van der Waals surface area contributed by atoms with Gasteiger partial charge in [-0.3, -0.25) is 0 Å². The van der Waals surface area contributed by atoms with Crippen molar-refractivity contribution in [1.29, 1.82) is 0 Å². The van der Waals surface area contributed by atoms with E-state index in [1.54, 1.807) is 6.92 Å². The Morgan fingerprint density at radius 1 is 0.822 bits per heavy atom. The fraction of sp³-hybridized carbons (Fsp3) is 0.725. The maximum absolute atomic E-state index is 11.9. The molecule has 0 saturated heterocycles. The van der Waals surface area contributed by atoms with Crippen molar-refractivity contribution in [2.45, 2.75) is 136 Å². The summed E-state index contributed by atoms with van der Waals surface area (Å²) in [5.41, 5.74) is 5.33. The van der Waals surface area contributed by atoms with E-state index in [1.807, 2.05) is 6.92 Å². The van der Waals surface area contributed by atoms with E-state index in [0.717, 1.165) is 54.8 Å². The summed E-state index contributed by atoms with van der Waals surface area (Å²) in [5.74, 6) is 4.00. The van der Waals surface area contributed by atoms with Gasteiger partial charge in [0.25, 0.3) is 0 Å². The van der Waals surface area contributed by atoms with Crippen LogP contribution >= 0.6 is 0 Å². The normalized spacial score (nSPS) is 21.8. The molecule has 3 rings (SSSR count). The number of aryl methyl sites for hydroxylation is 2. The Balaban J connectivity index is 1.69. The van der Waals surface area contributed by atoms with Crippen molar-refractivity contribution in [1.82, 2.24) is 0 Å². The summed E-state index contributed by atoms with van der Waals surface area (Å²) in [6, 6.07) is 4.78. The van der Waals surface area contributed by atoms with E-state index in [-0.39, 0.29) is 12.6 Å². The van der Waals surface area contributed by atoms with Crippen LogP contribution in [0.4, 0.5) is 0 Å². The molecule has 0 aromatic heterocycles. The van der Waals surface area contributed by atoms with Crippen molar-refractivity contribution in [3.8, 4) is 5.75 Å². The summed E-state index contributed by atoms with van der Waals surface area (Å²) in [6.45, 7) is 15.9. The van der Waals surface area contributed by atoms with Gasteiger partial charge in [0, 0.05) is 25.2 Å². The molecule has 2 aliphatic rings. The van der Waals surface area contributed by atoms with Gasteiger partial charge in [0.15, 0.2) is 0 Å². The Hall–Kier alpha value is -2.11. The number of carbonyl (C=O) groups is 1. The first-order valence-electron chi connectivity index (χ1n) is 18.3. The van der Waals surface area contributed by atoms with Gasteiger partial charge < -0.3 is 19.3 Å². The van der Waals surface area contributed by atoms with Crippen LogP contribution in [0, 0.1) is 17.8 Å². The molecular weight excluding hydrogens is 560 g/mol. The third-order valence-corrected chi connectivity index (χ3v) is 10.1. The van der Waals surface area contributed by atoms with E-state index in [4.69, 9.17) is 14.2 Å². The second kappa shape index (κ2) is 20.9. The summed E-state index contributed by atoms with van der Waals surface area (Å²) >= 11 is 0. The first-order chi connectivity index (χ1) is 21.8. The molecule has 45 heavy (non-hydrogen) atoms. The van der Waals surface area contributed by atoms with Crippen molar-refractivity contribution >= 4 is 5.97 Å². The maximum Gasteiger partial charge on any atom is 0.333 e. The van der Waals surface area contributed by atoms with Gasteiger partial charge in [-0.25, -0.2) is 4.79 Å². The SMILES string of the molecule is C=C(C)COCCCc1cc(C2CCC(C3CCC(CCCCC)CC3)CC2)cc(CCCOC(=O)C(=C)C)c1OCCCO. The molecule has 5 nitrogen and oxygen atoms in total. The number of benzene rings is 1. The van der Waals surface area contributed by atoms with Gasteiger partial charge in [-0.15, -0.1) is 0 Å². The molecule has 5 heteroatoms. The third-order valence-electron chi connectivity index (χ3n) is 10.1. The topological polar surface area (TPSA) is 65.0 Å². The number of aliphatic hydroxyl groups is 1. The molecule has 0 spiro atoms. The van der Waals surface area contributed by atoms with Gasteiger partial charge in [0.2, 0.25) is 0 Å². The number of aliphatic hydroxyl groups excluding tert-OH is 1. The zero-order chi connectivity index (χ0) is 32.4. The van der Waals surface area contributed by atoms with E-state index in [1.165, 1.54) is 93.7 Å². The van der Waals surface area contributed by atoms with Crippen LogP contribution in [0.25, 0.3) is 0 Å². The predicted octanol–water partition coefficient (Wildman–Crippen LogP) is 9.69. The Labute approximate surface area is 275 Å². The highest BCUT2D eigenvalue weighted by Crippen LogP contribution is 2.45. The number of hydrogen-bond acceptors (Lipinski definition) is 5. The smallest absolute Gasteiger partial charge is 0.333 e. The van der Waals surface area contributed by atoms with Crippen LogP contribution < -0.4 is 4.74 Å². The van der Waals surface area contributed by atoms with Crippen LogP contribution in [-0.2, 0) is 27.1 Å². The second-order valence-corrected chi connectivity index (χ2v) is 14.1. The Bertz CT molecular complexity index is 1030. The molecule has 0 atom stereocenters. The van der Waals surface area contributed by atoms with Crippen molar-refractivity contribution in [2.24, 2.45) is 17.8 Å². The number of ether oxygens (including phenoxy) is 3. The van der Waals surface area contributed by atoms with Gasteiger partial charge in [-0.1, -0.05) is 76.3 Å². The highest BCUT2D eigenvalue weighted by atomic mass is 16.5.